The molecule has 3 aliphatic rings. The van der Waals surface area contributed by atoms with E-state index in [1.807, 2.05) is 99.8 Å². The van der Waals surface area contributed by atoms with E-state index >= 15 is 0 Å². The third-order valence-corrected chi connectivity index (χ3v) is 11.2. The van der Waals surface area contributed by atoms with Gasteiger partial charge in [0.15, 0.2) is 17.6 Å². The Morgan fingerprint density at radius 1 is 1.02 bits per heavy atom. The number of carbonyl (C=O) groups is 3. The summed E-state index contributed by atoms with van der Waals surface area (Å²) in [6.45, 7) is 5.81. The van der Waals surface area contributed by atoms with Crippen LogP contribution < -0.4 is 21.1 Å². The second-order valence-electron chi connectivity index (χ2n) is 14.1. The molecule has 0 saturated carbocycles. The molecule has 4 heterocycles. The highest BCUT2D eigenvalue weighted by atomic mass is 32.1. The van der Waals surface area contributed by atoms with Gasteiger partial charge in [-0.3, -0.25) is 20.2 Å². The number of piperazine rings is 1. The average Bonchev–Trinajstić information content (AvgIpc) is 3.77. The van der Waals surface area contributed by atoms with Crippen molar-refractivity contribution in [3.63, 3.8) is 0 Å². The molecule has 4 aromatic carbocycles. The molecule has 4 atom stereocenters. The molecule has 15 heteroatoms. The van der Waals surface area contributed by atoms with Crippen LogP contribution in [0.25, 0.3) is 10.2 Å². The number of nitrogen functional groups attached to an aromatic ring is 1. The fourth-order valence-electron chi connectivity index (χ4n) is 7.52. The molecular weight excluding hydrogens is 745 g/mol. The molecule has 294 valence electrons. The van der Waals surface area contributed by atoms with E-state index in [0.717, 1.165) is 38.2 Å². The smallest absolute Gasteiger partial charge is 0.411 e. The number of hydrazine groups is 1. The Bertz CT molecular complexity index is 2240. The zero-order valence-corrected chi connectivity index (χ0v) is 32.3. The van der Waals surface area contributed by atoms with Crippen LogP contribution in [0.3, 0.4) is 0 Å². The molecule has 4 N–H and O–H groups in total. The Kier molecular flexibility index (Phi) is 11.2. The summed E-state index contributed by atoms with van der Waals surface area (Å²) in [6.07, 6.45) is 0.402. The predicted octanol–water partition coefficient (Wildman–Crippen LogP) is 4.93. The monoisotopic (exact) mass is 788 g/mol. The molecule has 0 aliphatic carbocycles. The summed E-state index contributed by atoms with van der Waals surface area (Å²) in [6, 6.07) is 29.6. The Morgan fingerprint density at radius 2 is 1.79 bits per heavy atom. The van der Waals surface area contributed by atoms with Crippen molar-refractivity contribution < 1.29 is 28.6 Å². The first-order chi connectivity index (χ1) is 27.8. The number of anilines is 2. The number of nitrogens with two attached hydrogens (primary N) is 1. The molecule has 3 aliphatic heterocycles. The summed E-state index contributed by atoms with van der Waals surface area (Å²) in [5.74, 6) is 0.478. The Labute approximate surface area is 334 Å². The first kappa shape index (κ1) is 38.1. The number of epoxide rings is 1. The summed E-state index contributed by atoms with van der Waals surface area (Å²) >= 11 is 1.40. The van der Waals surface area contributed by atoms with Gasteiger partial charge in [-0.1, -0.05) is 84.1 Å². The summed E-state index contributed by atoms with van der Waals surface area (Å²) in [5.41, 5.74) is 11.1. The third kappa shape index (κ3) is 8.48. The van der Waals surface area contributed by atoms with Gasteiger partial charge in [-0.2, -0.15) is 0 Å². The highest BCUT2D eigenvalue weighted by Gasteiger charge is 2.55. The van der Waals surface area contributed by atoms with Gasteiger partial charge in [0.05, 0.1) is 30.4 Å². The number of amides is 3. The van der Waals surface area contributed by atoms with E-state index in [9.17, 15) is 14.4 Å². The molecule has 3 fully saturated rings. The molecule has 1 aromatic heterocycles. The van der Waals surface area contributed by atoms with Crippen molar-refractivity contribution in [2.45, 2.75) is 50.8 Å². The van der Waals surface area contributed by atoms with E-state index in [1.54, 1.807) is 30.2 Å². The fraction of sp³-hybridized carbons (Fsp3) is 0.286. The molecule has 3 amide bonds. The maximum atomic E-state index is 14.6. The maximum absolute atomic E-state index is 14.6. The number of thiazole rings is 1. The molecule has 3 saturated heterocycles. The topological polar surface area (TPSA) is 158 Å². The first-order valence-corrected chi connectivity index (χ1v) is 19.6. The lowest BCUT2D eigenvalue weighted by atomic mass is 9.99. The Morgan fingerprint density at radius 3 is 2.54 bits per heavy atom. The number of carbonyl (C=O) groups excluding carboxylic acids is 3. The van der Waals surface area contributed by atoms with E-state index in [4.69, 9.17) is 19.9 Å². The van der Waals surface area contributed by atoms with Crippen molar-refractivity contribution in [2.75, 3.05) is 37.8 Å². The third-order valence-electron chi connectivity index (χ3n) is 10.4. The quantitative estimate of drug-likeness (QED) is 0.0976. The van der Waals surface area contributed by atoms with Gasteiger partial charge in [0.2, 0.25) is 11.8 Å². The minimum atomic E-state index is -0.787. The number of hydrogen-bond donors (Lipinski definition) is 3. The van der Waals surface area contributed by atoms with Crippen LogP contribution >= 0.6 is 11.3 Å². The van der Waals surface area contributed by atoms with Gasteiger partial charge in [0.25, 0.3) is 0 Å². The Balaban J connectivity index is 1.01. The second kappa shape index (κ2) is 16.7. The summed E-state index contributed by atoms with van der Waals surface area (Å²) < 4.78 is 17.8. The number of rotatable bonds is 15. The lowest BCUT2D eigenvalue weighted by molar-refractivity contribution is -0.161. The van der Waals surface area contributed by atoms with Gasteiger partial charge in [-0.05, 0) is 52.6 Å². The van der Waals surface area contributed by atoms with Gasteiger partial charge in [-0.15, -0.1) is 6.58 Å². The molecule has 0 spiro atoms. The SMILES string of the molecule is C=CCN(C1OC1NCc1ccc(OC)cc1)N1CC(=O)N2[C@@H](Cc3ccc(NC(=O)OCc4ccccc4)cc3)C(=O)N(Cc3cccc4sc(N)nc34)C[C@@H]21. The number of nitrogens with one attached hydrogen (secondary N) is 2. The number of benzene rings is 4. The molecule has 57 heavy (non-hydrogen) atoms. The Hall–Kier alpha value is -5.84. The van der Waals surface area contributed by atoms with Crippen LogP contribution in [0.1, 0.15) is 22.3 Å². The number of aromatic nitrogens is 1. The van der Waals surface area contributed by atoms with Crippen LogP contribution in [0.2, 0.25) is 0 Å². The fourth-order valence-corrected chi connectivity index (χ4v) is 8.30. The van der Waals surface area contributed by atoms with E-state index in [-0.39, 0.29) is 50.4 Å². The van der Waals surface area contributed by atoms with Crippen molar-refractivity contribution in [2.24, 2.45) is 0 Å². The number of nitrogens with zero attached hydrogens (tertiary/aromatic N) is 5. The van der Waals surface area contributed by atoms with E-state index < -0.39 is 18.3 Å². The lowest BCUT2D eigenvalue weighted by Gasteiger charge is -2.46. The van der Waals surface area contributed by atoms with Crippen LogP contribution in [0.15, 0.2) is 110 Å². The molecule has 8 rings (SSSR count). The summed E-state index contributed by atoms with van der Waals surface area (Å²) in [5, 5.41) is 10.7. The number of fused-ring (bicyclic) bond motifs is 2. The minimum absolute atomic E-state index is 0.0767. The molecule has 14 nitrogen and oxygen atoms in total. The molecule has 0 bridgehead atoms. The van der Waals surface area contributed by atoms with Gasteiger partial charge in [-0.25, -0.2) is 19.8 Å². The van der Waals surface area contributed by atoms with Crippen LogP contribution in [-0.2, 0) is 45.2 Å². The first-order valence-electron chi connectivity index (χ1n) is 18.7. The van der Waals surface area contributed by atoms with Crippen molar-refractivity contribution in [3.05, 3.63) is 132 Å². The highest BCUT2D eigenvalue weighted by Crippen LogP contribution is 2.35. The van der Waals surface area contributed by atoms with Crippen LogP contribution in [0.4, 0.5) is 15.6 Å². The number of methoxy groups -OCH3 is 1. The summed E-state index contributed by atoms with van der Waals surface area (Å²) in [4.78, 5) is 49.2. The van der Waals surface area contributed by atoms with Crippen molar-refractivity contribution >= 4 is 50.3 Å². The molecule has 5 aromatic rings. The number of para-hydroxylation sites is 1. The molecular formula is C42H44N8O6S. The highest BCUT2D eigenvalue weighted by molar-refractivity contribution is 7.22. The average molecular weight is 789 g/mol. The normalized spacial score (nSPS) is 20.5. The largest absolute Gasteiger partial charge is 0.497 e. The van der Waals surface area contributed by atoms with Crippen molar-refractivity contribution in [3.8, 4) is 5.75 Å². The number of hydrogen-bond acceptors (Lipinski definition) is 12. The molecule has 0 radical (unpaired) electrons. The van der Waals surface area contributed by atoms with Gasteiger partial charge >= 0.3 is 6.09 Å². The van der Waals surface area contributed by atoms with Crippen molar-refractivity contribution in [1.29, 1.82) is 0 Å². The van der Waals surface area contributed by atoms with Crippen LogP contribution in [0.5, 0.6) is 5.75 Å². The van der Waals surface area contributed by atoms with Crippen LogP contribution in [0, 0.1) is 0 Å². The van der Waals surface area contributed by atoms with Crippen molar-refractivity contribution in [1.82, 2.24) is 30.1 Å². The van der Waals surface area contributed by atoms with E-state index in [1.165, 1.54) is 11.3 Å². The maximum Gasteiger partial charge on any atom is 0.411 e. The van der Waals surface area contributed by atoms with Gasteiger partial charge < -0.3 is 29.7 Å². The standard InChI is InChI=1S/C42H44N8O6S/c1-3-20-48(40-38(56-40)44-22-28-14-18-32(54-2)19-15-28)49-25-36(51)50-33(21-27-12-16-31(17-13-27)45-42(53)55-26-29-8-5-4-6-9-29)39(52)47(24-35(49)50)23-30-10-7-11-34-37(30)46-41(43)57-34/h3-19,33,35,38,40,44H,1,20-26H2,2H3,(H2,43,46)(H,45,53)/t33-,35+,38?,40?/m0/s1. The predicted molar refractivity (Wildman–Crippen MR) is 216 cm³/mol. The number of ether oxygens (including phenoxy) is 3. The zero-order chi connectivity index (χ0) is 39.5. The summed E-state index contributed by atoms with van der Waals surface area (Å²) in [7, 11) is 1.64. The van der Waals surface area contributed by atoms with Gasteiger partial charge in [0.1, 0.15) is 24.6 Å². The zero-order valence-electron chi connectivity index (χ0n) is 31.5. The minimum Gasteiger partial charge on any atom is -0.497 e. The van der Waals surface area contributed by atoms with Gasteiger partial charge in [0, 0.05) is 31.7 Å². The lowest BCUT2D eigenvalue weighted by Crippen LogP contribution is -2.65. The second-order valence-corrected chi connectivity index (χ2v) is 15.2. The van der Waals surface area contributed by atoms with E-state index in [2.05, 4.69) is 22.2 Å². The van der Waals surface area contributed by atoms with E-state index in [0.29, 0.717) is 30.5 Å². The van der Waals surface area contributed by atoms with Crippen LogP contribution in [-0.4, -0.2) is 94.1 Å². The molecule has 2 unspecified atom stereocenters.